The van der Waals surface area contributed by atoms with Crippen LogP contribution in [-0.4, -0.2) is 35.5 Å². The van der Waals surface area contributed by atoms with Crippen molar-refractivity contribution in [3.05, 3.63) is 23.5 Å². The number of amides is 1. The van der Waals surface area contributed by atoms with Crippen LogP contribution in [0.3, 0.4) is 0 Å². The molecule has 0 unspecified atom stereocenters. The second kappa shape index (κ2) is 5.70. The zero-order valence-corrected chi connectivity index (χ0v) is 10.4. The van der Waals surface area contributed by atoms with Gasteiger partial charge in [0.1, 0.15) is 0 Å². The molecule has 0 aliphatic heterocycles. The van der Waals surface area contributed by atoms with E-state index in [0.29, 0.717) is 5.75 Å². The zero-order valence-electron chi connectivity index (χ0n) is 9.61. The van der Waals surface area contributed by atoms with Crippen LogP contribution >= 0.6 is 11.6 Å². The Labute approximate surface area is 100 Å². The van der Waals surface area contributed by atoms with E-state index in [-0.39, 0.29) is 23.7 Å². The summed E-state index contributed by atoms with van der Waals surface area (Å²) in [5, 5.41) is 0.266. The van der Waals surface area contributed by atoms with Crippen molar-refractivity contribution in [3.63, 3.8) is 0 Å². The van der Waals surface area contributed by atoms with Crippen molar-refractivity contribution in [2.75, 3.05) is 13.7 Å². The fraction of sp³-hybridized carbons (Fsp3) is 0.455. The van der Waals surface area contributed by atoms with Crippen LogP contribution in [0, 0.1) is 0 Å². The normalized spacial score (nSPS) is 10.3. The lowest BCUT2D eigenvalue weighted by molar-refractivity contribution is -0.133. The lowest BCUT2D eigenvalue weighted by Gasteiger charge is -2.21. The maximum absolute atomic E-state index is 11.6. The SMILES string of the molecule is CC(C)N(C)C(=O)COc1cccnc1Cl. The van der Waals surface area contributed by atoms with Crippen LogP contribution in [0.4, 0.5) is 0 Å². The summed E-state index contributed by atoms with van der Waals surface area (Å²) in [5.41, 5.74) is 0. The number of halogens is 1. The quantitative estimate of drug-likeness (QED) is 0.759. The highest BCUT2D eigenvalue weighted by molar-refractivity contribution is 6.30. The van der Waals surface area contributed by atoms with Gasteiger partial charge < -0.3 is 9.64 Å². The first kappa shape index (κ1) is 12.8. The highest BCUT2D eigenvalue weighted by Gasteiger charge is 2.13. The minimum atomic E-state index is -0.0880. The van der Waals surface area contributed by atoms with E-state index in [2.05, 4.69) is 4.98 Å². The Bertz CT molecular complexity index is 369. The van der Waals surface area contributed by atoms with Gasteiger partial charge in [-0.1, -0.05) is 11.6 Å². The molecule has 1 aromatic heterocycles. The molecule has 0 spiro atoms. The number of ether oxygens (including phenoxy) is 1. The van der Waals surface area contributed by atoms with Crippen LogP contribution in [0.2, 0.25) is 5.15 Å². The van der Waals surface area contributed by atoms with E-state index in [1.165, 1.54) is 0 Å². The fourth-order valence-electron chi connectivity index (χ4n) is 1.01. The summed E-state index contributed by atoms with van der Waals surface area (Å²) in [7, 11) is 1.74. The van der Waals surface area contributed by atoms with Crippen molar-refractivity contribution in [2.45, 2.75) is 19.9 Å². The Morgan fingerprint density at radius 2 is 2.31 bits per heavy atom. The van der Waals surface area contributed by atoms with Crippen LogP contribution < -0.4 is 4.74 Å². The molecule has 0 atom stereocenters. The topological polar surface area (TPSA) is 42.4 Å². The summed E-state index contributed by atoms with van der Waals surface area (Å²) in [4.78, 5) is 17.1. The monoisotopic (exact) mass is 242 g/mol. The van der Waals surface area contributed by atoms with Gasteiger partial charge in [0.25, 0.3) is 5.91 Å². The highest BCUT2D eigenvalue weighted by Crippen LogP contribution is 2.20. The Hall–Kier alpha value is -1.29. The van der Waals surface area contributed by atoms with E-state index in [9.17, 15) is 4.79 Å². The molecule has 4 nitrogen and oxygen atoms in total. The van der Waals surface area contributed by atoms with Gasteiger partial charge in [0.05, 0.1) is 0 Å². The lowest BCUT2D eigenvalue weighted by atomic mass is 10.3. The van der Waals surface area contributed by atoms with Crippen LogP contribution in [-0.2, 0) is 4.79 Å². The predicted octanol–water partition coefficient (Wildman–Crippen LogP) is 1.98. The third-order valence-electron chi connectivity index (χ3n) is 2.24. The molecule has 1 heterocycles. The van der Waals surface area contributed by atoms with Crippen LogP contribution in [0.25, 0.3) is 0 Å². The molecule has 1 amide bonds. The highest BCUT2D eigenvalue weighted by atomic mass is 35.5. The van der Waals surface area contributed by atoms with Gasteiger partial charge in [-0.15, -0.1) is 0 Å². The summed E-state index contributed by atoms with van der Waals surface area (Å²) in [6, 6.07) is 3.54. The molecular weight excluding hydrogens is 228 g/mol. The van der Waals surface area contributed by atoms with Gasteiger partial charge in [0.2, 0.25) is 0 Å². The van der Waals surface area contributed by atoms with E-state index in [0.717, 1.165) is 0 Å². The van der Waals surface area contributed by atoms with Crippen molar-refractivity contribution < 1.29 is 9.53 Å². The molecule has 0 aliphatic carbocycles. The van der Waals surface area contributed by atoms with Gasteiger partial charge in [-0.2, -0.15) is 0 Å². The molecule has 1 rings (SSSR count). The van der Waals surface area contributed by atoms with Gasteiger partial charge in [-0.25, -0.2) is 4.98 Å². The predicted molar refractivity (Wildman–Crippen MR) is 62.6 cm³/mol. The van der Waals surface area contributed by atoms with Gasteiger partial charge in [0.15, 0.2) is 17.5 Å². The summed E-state index contributed by atoms with van der Waals surface area (Å²) < 4.78 is 5.28. The number of aromatic nitrogens is 1. The number of hydrogen-bond donors (Lipinski definition) is 0. The number of pyridine rings is 1. The van der Waals surface area contributed by atoms with Crippen molar-refractivity contribution in [1.29, 1.82) is 0 Å². The molecule has 0 fully saturated rings. The third-order valence-corrected chi connectivity index (χ3v) is 2.53. The Morgan fingerprint density at radius 1 is 1.62 bits per heavy atom. The molecule has 0 saturated heterocycles. The maximum atomic E-state index is 11.6. The Kier molecular flexibility index (Phi) is 4.55. The molecule has 1 aromatic rings. The van der Waals surface area contributed by atoms with E-state index in [1.807, 2.05) is 13.8 Å². The van der Waals surface area contributed by atoms with Crippen molar-refractivity contribution >= 4 is 17.5 Å². The van der Waals surface area contributed by atoms with Gasteiger partial charge in [-0.3, -0.25) is 4.79 Å². The van der Waals surface area contributed by atoms with Crippen LogP contribution in [0.1, 0.15) is 13.8 Å². The molecule has 5 heteroatoms. The standard InChI is InChI=1S/C11H15ClN2O2/c1-8(2)14(3)10(15)7-16-9-5-4-6-13-11(9)12/h4-6,8H,7H2,1-3H3. The number of nitrogens with zero attached hydrogens (tertiary/aromatic N) is 2. The van der Waals surface area contributed by atoms with Gasteiger partial charge in [0, 0.05) is 19.3 Å². The van der Waals surface area contributed by atoms with Crippen LogP contribution in [0.15, 0.2) is 18.3 Å². The van der Waals surface area contributed by atoms with E-state index < -0.39 is 0 Å². The number of carbonyl (C=O) groups is 1. The van der Waals surface area contributed by atoms with E-state index >= 15 is 0 Å². The molecular formula is C11H15ClN2O2. The van der Waals surface area contributed by atoms with Gasteiger partial charge in [-0.05, 0) is 26.0 Å². The first-order chi connectivity index (χ1) is 7.52. The first-order valence-corrected chi connectivity index (χ1v) is 5.39. The summed E-state index contributed by atoms with van der Waals surface area (Å²) in [6.45, 7) is 3.85. The van der Waals surface area contributed by atoms with E-state index in [4.69, 9.17) is 16.3 Å². The number of likely N-dealkylation sites (N-methyl/N-ethyl adjacent to an activating group) is 1. The fourth-order valence-corrected chi connectivity index (χ4v) is 1.18. The summed E-state index contributed by atoms with van der Waals surface area (Å²) in [6.07, 6.45) is 1.57. The average molecular weight is 243 g/mol. The smallest absolute Gasteiger partial charge is 0.260 e. The number of hydrogen-bond acceptors (Lipinski definition) is 3. The van der Waals surface area contributed by atoms with Crippen molar-refractivity contribution in [1.82, 2.24) is 9.88 Å². The molecule has 0 aliphatic rings. The first-order valence-electron chi connectivity index (χ1n) is 5.01. The Balaban J connectivity index is 2.52. The number of carbonyl (C=O) groups excluding carboxylic acids is 1. The maximum Gasteiger partial charge on any atom is 0.260 e. The molecule has 0 aromatic carbocycles. The number of rotatable bonds is 4. The molecule has 88 valence electrons. The van der Waals surface area contributed by atoms with E-state index in [1.54, 1.807) is 30.3 Å². The molecule has 16 heavy (non-hydrogen) atoms. The molecule has 0 N–H and O–H groups in total. The van der Waals surface area contributed by atoms with Crippen LogP contribution in [0.5, 0.6) is 5.75 Å². The molecule has 0 bridgehead atoms. The minimum absolute atomic E-state index is 0.0277. The average Bonchev–Trinajstić information content (AvgIpc) is 2.26. The van der Waals surface area contributed by atoms with Crippen molar-refractivity contribution in [2.24, 2.45) is 0 Å². The molecule has 0 saturated carbocycles. The summed E-state index contributed by atoms with van der Waals surface area (Å²) in [5.74, 6) is 0.338. The Morgan fingerprint density at radius 3 is 2.88 bits per heavy atom. The third kappa shape index (κ3) is 3.38. The second-order valence-corrected chi connectivity index (χ2v) is 4.04. The van der Waals surface area contributed by atoms with Crippen molar-refractivity contribution in [3.8, 4) is 5.75 Å². The largest absolute Gasteiger partial charge is 0.481 e. The molecule has 0 radical (unpaired) electrons. The summed E-state index contributed by atoms with van der Waals surface area (Å²) >= 11 is 5.79. The second-order valence-electron chi connectivity index (χ2n) is 3.68. The van der Waals surface area contributed by atoms with Gasteiger partial charge >= 0.3 is 0 Å². The lowest BCUT2D eigenvalue weighted by Crippen LogP contribution is -2.36. The minimum Gasteiger partial charge on any atom is -0.481 e. The zero-order chi connectivity index (χ0) is 12.1.